The van der Waals surface area contributed by atoms with Gasteiger partial charge in [-0.3, -0.25) is 10.1 Å². The summed E-state index contributed by atoms with van der Waals surface area (Å²) in [6, 6.07) is 10.9. The second-order valence-electron chi connectivity index (χ2n) is 6.40. The van der Waals surface area contributed by atoms with Crippen molar-refractivity contribution in [3.05, 3.63) is 42.0 Å². The van der Waals surface area contributed by atoms with Crippen molar-refractivity contribution in [2.45, 2.75) is 32.6 Å². The third-order valence-electron chi connectivity index (χ3n) is 4.23. The van der Waals surface area contributed by atoms with Crippen LogP contribution in [-0.4, -0.2) is 41.7 Å². The van der Waals surface area contributed by atoms with Gasteiger partial charge in [-0.2, -0.15) is 0 Å². The van der Waals surface area contributed by atoms with Gasteiger partial charge >= 0.3 is 6.01 Å². The number of benzene rings is 2. The molecule has 8 nitrogen and oxygen atoms in total. The van der Waals surface area contributed by atoms with E-state index < -0.39 is 0 Å². The SMILES string of the molecule is CCOc1cc(-c2nnc(NC(=O)c3ccccc3SCC)o2)cc(OCC)c1OCC. The first-order valence-electron chi connectivity index (χ1n) is 10.5. The lowest BCUT2D eigenvalue weighted by Gasteiger charge is -2.16. The Kier molecular flexibility index (Phi) is 8.38. The molecule has 3 rings (SSSR count). The number of nitrogens with zero attached hydrogens (tertiary/aromatic N) is 2. The van der Waals surface area contributed by atoms with Crippen LogP contribution in [-0.2, 0) is 0 Å². The maximum absolute atomic E-state index is 12.7. The topological polar surface area (TPSA) is 95.7 Å². The first-order valence-corrected chi connectivity index (χ1v) is 11.5. The molecule has 170 valence electrons. The van der Waals surface area contributed by atoms with Gasteiger partial charge in [-0.1, -0.05) is 24.2 Å². The number of hydrogen-bond donors (Lipinski definition) is 1. The molecule has 0 spiro atoms. The summed E-state index contributed by atoms with van der Waals surface area (Å²) >= 11 is 1.59. The highest BCUT2D eigenvalue weighted by molar-refractivity contribution is 7.99. The lowest BCUT2D eigenvalue weighted by Crippen LogP contribution is -2.13. The summed E-state index contributed by atoms with van der Waals surface area (Å²) < 4.78 is 22.9. The Balaban J connectivity index is 1.88. The fraction of sp³-hybridized carbons (Fsp3) is 0.348. The van der Waals surface area contributed by atoms with Crippen LogP contribution in [0.5, 0.6) is 17.2 Å². The molecule has 1 amide bonds. The molecule has 0 aliphatic carbocycles. The van der Waals surface area contributed by atoms with E-state index in [1.165, 1.54) is 0 Å². The number of hydrogen-bond acceptors (Lipinski definition) is 8. The molecule has 0 aliphatic rings. The zero-order valence-electron chi connectivity index (χ0n) is 18.6. The van der Waals surface area contributed by atoms with Gasteiger partial charge in [-0.15, -0.1) is 16.9 Å². The molecule has 1 heterocycles. The molecule has 0 saturated heterocycles. The van der Waals surface area contributed by atoms with Crippen molar-refractivity contribution in [3.63, 3.8) is 0 Å². The average Bonchev–Trinajstić information content (AvgIpc) is 3.25. The van der Waals surface area contributed by atoms with Crippen LogP contribution in [0.3, 0.4) is 0 Å². The molecule has 0 fully saturated rings. The van der Waals surface area contributed by atoms with Crippen LogP contribution in [0.15, 0.2) is 45.7 Å². The monoisotopic (exact) mass is 457 g/mol. The number of rotatable bonds is 11. The van der Waals surface area contributed by atoms with Crippen LogP contribution < -0.4 is 19.5 Å². The second-order valence-corrected chi connectivity index (χ2v) is 7.70. The molecule has 32 heavy (non-hydrogen) atoms. The summed E-state index contributed by atoms with van der Waals surface area (Å²) in [7, 11) is 0. The maximum Gasteiger partial charge on any atom is 0.322 e. The molecule has 0 unspecified atom stereocenters. The Morgan fingerprint density at radius 2 is 1.62 bits per heavy atom. The number of amides is 1. The standard InChI is InChI=1S/C23H27N3O5S/c1-5-28-17-13-15(14-18(29-6-2)20(17)30-7-3)22-25-26-23(31-22)24-21(27)16-11-9-10-12-19(16)32-8-4/h9-14H,5-8H2,1-4H3,(H,24,26,27). The van der Waals surface area contributed by atoms with Crippen LogP contribution in [0.4, 0.5) is 6.01 Å². The van der Waals surface area contributed by atoms with Crippen LogP contribution in [0.2, 0.25) is 0 Å². The summed E-state index contributed by atoms with van der Waals surface area (Å²) in [5.41, 5.74) is 1.15. The molecule has 0 saturated carbocycles. The van der Waals surface area contributed by atoms with Crippen molar-refractivity contribution >= 4 is 23.7 Å². The highest BCUT2D eigenvalue weighted by Gasteiger charge is 2.20. The first-order chi connectivity index (χ1) is 15.6. The zero-order chi connectivity index (χ0) is 22.9. The molecule has 0 aliphatic heterocycles. The molecule has 1 aromatic heterocycles. The molecule has 1 N–H and O–H groups in total. The van der Waals surface area contributed by atoms with Crippen molar-refractivity contribution < 1.29 is 23.4 Å². The fourth-order valence-electron chi connectivity index (χ4n) is 3.00. The zero-order valence-corrected chi connectivity index (χ0v) is 19.5. The van der Waals surface area contributed by atoms with E-state index in [1.54, 1.807) is 30.0 Å². The number of aromatic nitrogens is 2. The van der Waals surface area contributed by atoms with Crippen molar-refractivity contribution in [1.82, 2.24) is 10.2 Å². The fourth-order valence-corrected chi connectivity index (χ4v) is 3.80. The predicted molar refractivity (Wildman–Crippen MR) is 124 cm³/mol. The van der Waals surface area contributed by atoms with Gasteiger partial charge in [0, 0.05) is 10.5 Å². The molecule has 9 heteroatoms. The van der Waals surface area contributed by atoms with Crippen molar-refractivity contribution in [2.75, 3.05) is 30.9 Å². The lowest BCUT2D eigenvalue weighted by molar-refractivity contribution is 0.102. The summed E-state index contributed by atoms with van der Waals surface area (Å²) in [6.07, 6.45) is 0. The molecule has 0 radical (unpaired) electrons. The Morgan fingerprint density at radius 3 is 2.25 bits per heavy atom. The predicted octanol–water partition coefficient (Wildman–Crippen LogP) is 5.30. The van der Waals surface area contributed by atoms with E-state index in [1.807, 2.05) is 45.9 Å². The summed E-state index contributed by atoms with van der Waals surface area (Å²) in [5, 5.41) is 10.7. The number of thioether (sulfide) groups is 1. The molecule has 3 aromatic rings. The van der Waals surface area contributed by atoms with Gasteiger partial charge in [0.15, 0.2) is 11.5 Å². The minimum atomic E-state index is -0.312. The normalized spacial score (nSPS) is 10.6. The number of carbonyl (C=O) groups is 1. The van der Waals surface area contributed by atoms with E-state index in [0.29, 0.717) is 48.2 Å². The van der Waals surface area contributed by atoms with Gasteiger partial charge in [0.05, 0.1) is 25.4 Å². The quantitative estimate of drug-likeness (QED) is 0.388. The van der Waals surface area contributed by atoms with Crippen LogP contribution in [0, 0.1) is 0 Å². The third-order valence-corrected chi connectivity index (χ3v) is 5.19. The summed E-state index contributed by atoms with van der Waals surface area (Å²) in [5.74, 6) is 2.33. The van der Waals surface area contributed by atoms with Gasteiger partial charge in [0.2, 0.25) is 11.6 Å². The van der Waals surface area contributed by atoms with Crippen LogP contribution >= 0.6 is 11.8 Å². The summed E-state index contributed by atoms with van der Waals surface area (Å²) in [6.45, 7) is 9.07. The molecular formula is C23H27N3O5S. The average molecular weight is 458 g/mol. The number of ether oxygens (including phenoxy) is 3. The van der Waals surface area contributed by atoms with Crippen LogP contribution in [0.25, 0.3) is 11.5 Å². The second kappa shape index (κ2) is 11.4. The van der Waals surface area contributed by atoms with E-state index in [0.717, 1.165) is 10.6 Å². The van der Waals surface area contributed by atoms with Gasteiger partial charge in [0.1, 0.15) is 0 Å². The maximum atomic E-state index is 12.7. The summed E-state index contributed by atoms with van der Waals surface area (Å²) in [4.78, 5) is 13.6. The van der Waals surface area contributed by atoms with Crippen molar-refractivity contribution in [1.29, 1.82) is 0 Å². The largest absolute Gasteiger partial charge is 0.490 e. The van der Waals surface area contributed by atoms with E-state index in [4.69, 9.17) is 18.6 Å². The van der Waals surface area contributed by atoms with E-state index in [9.17, 15) is 4.79 Å². The number of anilines is 1. The van der Waals surface area contributed by atoms with Gasteiger partial charge in [-0.25, -0.2) is 0 Å². The lowest BCUT2D eigenvalue weighted by atomic mass is 10.2. The minimum absolute atomic E-state index is 0.00565. The third kappa shape index (κ3) is 5.53. The Labute approximate surface area is 191 Å². The molecule has 0 atom stereocenters. The highest BCUT2D eigenvalue weighted by atomic mass is 32.2. The van der Waals surface area contributed by atoms with Gasteiger partial charge in [0.25, 0.3) is 5.91 Å². The van der Waals surface area contributed by atoms with Crippen LogP contribution in [0.1, 0.15) is 38.1 Å². The van der Waals surface area contributed by atoms with E-state index in [-0.39, 0.29) is 17.8 Å². The molecule has 0 bridgehead atoms. The van der Waals surface area contributed by atoms with Crippen molar-refractivity contribution in [2.24, 2.45) is 0 Å². The highest BCUT2D eigenvalue weighted by Crippen LogP contribution is 2.41. The van der Waals surface area contributed by atoms with Gasteiger partial charge < -0.3 is 18.6 Å². The van der Waals surface area contributed by atoms with Gasteiger partial charge in [-0.05, 0) is 50.8 Å². The minimum Gasteiger partial charge on any atom is -0.490 e. The van der Waals surface area contributed by atoms with E-state index >= 15 is 0 Å². The molecule has 2 aromatic carbocycles. The Hall–Kier alpha value is -3.20. The number of carbonyl (C=O) groups excluding carboxylic acids is 1. The molecular weight excluding hydrogens is 430 g/mol. The van der Waals surface area contributed by atoms with Crippen molar-refractivity contribution in [3.8, 4) is 28.7 Å². The smallest absolute Gasteiger partial charge is 0.322 e. The van der Waals surface area contributed by atoms with E-state index in [2.05, 4.69) is 15.5 Å². The first kappa shape index (κ1) is 23.5. The Morgan fingerprint density at radius 1 is 0.969 bits per heavy atom. The Bertz CT molecular complexity index is 1030. The number of nitrogens with one attached hydrogen (secondary N) is 1.